The molecule has 2 heterocycles. The van der Waals surface area contributed by atoms with Crippen LogP contribution in [-0.4, -0.2) is 12.5 Å². The monoisotopic (exact) mass is 325 g/mol. The number of ether oxygens (including phenoxy) is 1. The smallest absolute Gasteiger partial charge is 0.255 e. The Labute approximate surface area is 140 Å². The number of amides is 1. The number of hydrogen-bond donors (Lipinski definition) is 1. The van der Waals surface area contributed by atoms with E-state index in [4.69, 9.17) is 4.74 Å². The first-order valence-corrected chi connectivity index (χ1v) is 8.65. The first-order valence-electron chi connectivity index (χ1n) is 7.78. The fraction of sp³-hybridized carbons (Fsp3) is 0.211. The molecule has 118 valence electrons. The predicted octanol–water partition coefficient (Wildman–Crippen LogP) is 4.48. The van der Waals surface area contributed by atoms with Gasteiger partial charge in [0.15, 0.2) is 0 Å². The predicted molar refractivity (Wildman–Crippen MR) is 95.3 cm³/mol. The van der Waals surface area contributed by atoms with E-state index in [2.05, 4.69) is 12.2 Å². The lowest BCUT2D eigenvalue weighted by molar-refractivity contribution is -0.115. The van der Waals surface area contributed by atoms with Crippen molar-refractivity contribution in [1.82, 2.24) is 5.32 Å². The van der Waals surface area contributed by atoms with Gasteiger partial charge in [-0.25, -0.2) is 0 Å². The number of carbonyl (C=O) groups excluding carboxylic acids is 1. The van der Waals surface area contributed by atoms with Gasteiger partial charge in [-0.3, -0.25) is 4.79 Å². The maximum Gasteiger partial charge on any atom is 0.255 e. The molecule has 0 saturated carbocycles. The molecule has 1 aliphatic rings. The quantitative estimate of drug-likeness (QED) is 0.628. The Hall–Kier alpha value is -2.33. The molecule has 3 nitrogen and oxygen atoms in total. The summed E-state index contributed by atoms with van der Waals surface area (Å²) in [4.78, 5) is 13.2. The lowest BCUT2D eigenvalue weighted by atomic mass is 10.1. The van der Waals surface area contributed by atoms with Gasteiger partial charge in [-0.15, -0.1) is 11.3 Å². The standard InChI is InChI=1S/C19H19NO2S/c1-2-3-10-22-16-8-6-14(7-9-16)18-13-15(19(21)20-18)12-17-5-4-11-23-17/h4-9,11-13H,2-3,10H2,1H3,(H,20,21). The van der Waals surface area contributed by atoms with Gasteiger partial charge in [0.25, 0.3) is 5.91 Å². The molecule has 4 heteroatoms. The summed E-state index contributed by atoms with van der Waals surface area (Å²) in [5.74, 6) is 0.804. The largest absolute Gasteiger partial charge is 0.494 e. The number of carbonyl (C=O) groups is 1. The molecule has 1 N–H and O–H groups in total. The van der Waals surface area contributed by atoms with E-state index in [0.29, 0.717) is 5.57 Å². The summed E-state index contributed by atoms with van der Waals surface area (Å²) in [5.41, 5.74) is 2.50. The van der Waals surface area contributed by atoms with Gasteiger partial charge in [0.05, 0.1) is 6.61 Å². The topological polar surface area (TPSA) is 38.3 Å². The van der Waals surface area contributed by atoms with Crippen LogP contribution in [0.4, 0.5) is 0 Å². The van der Waals surface area contributed by atoms with Gasteiger partial charge < -0.3 is 10.1 Å². The molecule has 0 atom stereocenters. The van der Waals surface area contributed by atoms with E-state index in [9.17, 15) is 4.79 Å². The average molecular weight is 325 g/mol. The molecular weight excluding hydrogens is 306 g/mol. The van der Waals surface area contributed by atoms with Gasteiger partial charge in [-0.1, -0.05) is 19.4 Å². The van der Waals surface area contributed by atoms with Crippen LogP contribution < -0.4 is 10.1 Å². The second-order valence-corrected chi connectivity index (χ2v) is 6.33. The third-order valence-corrected chi connectivity index (χ3v) is 4.40. The van der Waals surface area contributed by atoms with Crippen LogP contribution in [-0.2, 0) is 4.79 Å². The van der Waals surface area contributed by atoms with Gasteiger partial charge in [0.1, 0.15) is 5.75 Å². The maximum absolute atomic E-state index is 12.1. The Balaban J connectivity index is 1.73. The molecule has 1 aromatic heterocycles. The van der Waals surface area contributed by atoms with Gasteiger partial charge in [0.2, 0.25) is 0 Å². The second kappa shape index (κ2) is 7.29. The number of unbranched alkanes of at least 4 members (excludes halogenated alkanes) is 1. The van der Waals surface area contributed by atoms with Crippen molar-refractivity contribution in [3.63, 3.8) is 0 Å². The zero-order valence-corrected chi connectivity index (χ0v) is 13.9. The van der Waals surface area contributed by atoms with Crippen molar-refractivity contribution in [1.29, 1.82) is 0 Å². The summed E-state index contributed by atoms with van der Waals surface area (Å²) < 4.78 is 5.66. The van der Waals surface area contributed by atoms with E-state index in [1.54, 1.807) is 11.3 Å². The molecule has 2 aromatic rings. The van der Waals surface area contributed by atoms with Crippen molar-refractivity contribution in [2.24, 2.45) is 0 Å². The van der Waals surface area contributed by atoms with Crippen LogP contribution in [0.15, 0.2) is 53.4 Å². The van der Waals surface area contributed by atoms with Crippen LogP contribution in [0.3, 0.4) is 0 Å². The lowest BCUT2D eigenvalue weighted by Gasteiger charge is -2.07. The van der Waals surface area contributed by atoms with Crippen molar-refractivity contribution >= 4 is 29.0 Å². The zero-order valence-electron chi connectivity index (χ0n) is 13.0. The molecule has 0 unspecified atom stereocenters. The van der Waals surface area contributed by atoms with Crippen molar-refractivity contribution < 1.29 is 9.53 Å². The third kappa shape index (κ3) is 3.90. The summed E-state index contributed by atoms with van der Waals surface area (Å²) in [6.07, 6.45) is 5.99. The van der Waals surface area contributed by atoms with E-state index in [0.717, 1.165) is 41.3 Å². The molecular formula is C19H19NO2S. The van der Waals surface area contributed by atoms with E-state index in [-0.39, 0.29) is 5.91 Å². The van der Waals surface area contributed by atoms with Gasteiger partial charge >= 0.3 is 0 Å². The van der Waals surface area contributed by atoms with Crippen LogP contribution in [0.5, 0.6) is 5.75 Å². The minimum Gasteiger partial charge on any atom is -0.494 e. The first kappa shape index (κ1) is 15.6. The summed E-state index contributed by atoms with van der Waals surface area (Å²) in [6.45, 7) is 2.88. The average Bonchev–Trinajstić information content (AvgIpc) is 3.19. The van der Waals surface area contributed by atoms with Crippen LogP contribution in [0.25, 0.3) is 11.8 Å². The highest BCUT2D eigenvalue weighted by Crippen LogP contribution is 2.25. The van der Waals surface area contributed by atoms with E-state index in [1.165, 1.54) is 0 Å². The molecule has 23 heavy (non-hydrogen) atoms. The highest BCUT2D eigenvalue weighted by atomic mass is 32.1. The minimum atomic E-state index is -0.0586. The Morgan fingerprint density at radius 2 is 2.04 bits per heavy atom. The van der Waals surface area contributed by atoms with Crippen LogP contribution in [0.2, 0.25) is 0 Å². The Morgan fingerprint density at radius 1 is 1.22 bits per heavy atom. The molecule has 0 fully saturated rings. The molecule has 0 spiro atoms. The molecule has 1 amide bonds. The summed E-state index contributed by atoms with van der Waals surface area (Å²) in [6, 6.07) is 11.8. The highest BCUT2D eigenvalue weighted by molar-refractivity contribution is 7.10. The van der Waals surface area contributed by atoms with Gasteiger partial charge in [0, 0.05) is 16.1 Å². The van der Waals surface area contributed by atoms with Crippen LogP contribution >= 0.6 is 11.3 Å². The van der Waals surface area contributed by atoms with E-state index >= 15 is 0 Å². The normalized spacial score (nSPS) is 15.6. The van der Waals surface area contributed by atoms with Crippen molar-refractivity contribution in [2.45, 2.75) is 19.8 Å². The molecule has 1 aliphatic heterocycles. The SMILES string of the molecule is CCCCOc1ccc(C2=CC(=Cc3cccs3)C(=O)N2)cc1. The maximum atomic E-state index is 12.1. The molecule has 0 aliphatic carbocycles. The lowest BCUT2D eigenvalue weighted by Crippen LogP contribution is -2.15. The molecule has 0 saturated heterocycles. The molecule has 1 aromatic carbocycles. The zero-order chi connectivity index (χ0) is 16.1. The van der Waals surface area contributed by atoms with Crippen LogP contribution in [0, 0.1) is 0 Å². The van der Waals surface area contributed by atoms with Crippen molar-refractivity contribution in [3.8, 4) is 5.75 Å². The number of thiophene rings is 1. The summed E-state index contributed by atoms with van der Waals surface area (Å²) in [5, 5.41) is 4.92. The fourth-order valence-corrected chi connectivity index (χ4v) is 2.97. The number of hydrogen-bond acceptors (Lipinski definition) is 3. The Morgan fingerprint density at radius 3 is 2.74 bits per heavy atom. The fourth-order valence-electron chi connectivity index (χ4n) is 2.31. The minimum absolute atomic E-state index is 0.0586. The summed E-state index contributed by atoms with van der Waals surface area (Å²) in [7, 11) is 0. The van der Waals surface area contributed by atoms with E-state index < -0.39 is 0 Å². The Kier molecular flexibility index (Phi) is 4.93. The van der Waals surface area contributed by atoms with Gasteiger partial charge in [-0.2, -0.15) is 0 Å². The molecule has 0 bridgehead atoms. The van der Waals surface area contributed by atoms with Gasteiger partial charge in [-0.05, 0) is 59.8 Å². The molecule has 0 radical (unpaired) electrons. The Bertz CT molecular complexity index is 727. The summed E-state index contributed by atoms with van der Waals surface area (Å²) >= 11 is 1.62. The number of nitrogens with one attached hydrogen (secondary N) is 1. The van der Waals surface area contributed by atoms with Crippen molar-refractivity contribution in [2.75, 3.05) is 6.61 Å². The third-order valence-electron chi connectivity index (χ3n) is 3.58. The molecule has 3 rings (SSSR count). The number of benzene rings is 1. The second-order valence-electron chi connectivity index (χ2n) is 5.35. The van der Waals surface area contributed by atoms with Crippen LogP contribution in [0.1, 0.15) is 30.2 Å². The number of rotatable bonds is 6. The highest BCUT2D eigenvalue weighted by Gasteiger charge is 2.19. The van der Waals surface area contributed by atoms with Crippen molar-refractivity contribution in [3.05, 3.63) is 63.9 Å². The van der Waals surface area contributed by atoms with E-state index in [1.807, 2.05) is 53.9 Å². The first-order chi connectivity index (χ1) is 11.3.